The predicted octanol–water partition coefficient (Wildman–Crippen LogP) is 11.7. The van der Waals surface area contributed by atoms with Crippen molar-refractivity contribution in [1.29, 1.82) is 0 Å². The summed E-state index contributed by atoms with van der Waals surface area (Å²) in [5.74, 6) is -0.872. The van der Waals surface area contributed by atoms with Crippen molar-refractivity contribution in [1.82, 2.24) is 0 Å². The largest absolute Gasteiger partial charge is 0.756 e. The Morgan fingerprint density at radius 3 is 1.51 bits per heavy atom. The molecule has 0 aliphatic carbocycles. The number of carbonyl (C=O) groups excluding carboxylic acids is 2. The van der Waals surface area contributed by atoms with Crippen LogP contribution in [0.4, 0.5) is 0 Å². The van der Waals surface area contributed by atoms with E-state index in [2.05, 4.69) is 62.5 Å². The number of unbranched alkanes of at least 4 members (excludes halogenated alkanes) is 17. The number of phosphoric ester groups is 1. The number of hydrogen-bond acceptors (Lipinski definition) is 8. The third-order valence-electron chi connectivity index (χ3n) is 9.07. The van der Waals surface area contributed by atoms with Gasteiger partial charge in [0.15, 0.2) is 6.10 Å². The third-order valence-corrected chi connectivity index (χ3v) is 10.0. The lowest BCUT2D eigenvalue weighted by Gasteiger charge is -2.28. The standard InChI is InChI=1S/C45H82NO8P/c1-6-8-10-12-14-16-18-20-22-23-24-26-27-29-31-33-35-37-44(47)51-41-43(42-53-55(49,50)52-40-39-46(3,4)5)54-45(48)38-36-34-32-30-28-25-21-19-17-15-13-11-9-7-2/h14,16,19-22,24,26,43H,6-13,15,17-18,23,25,27-42H2,1-5H3/b16-14+,21-19+,22-20+,26-24+/t43-/m1/s1. The highest BCUT2D eigenvalue weighted by Gasteiger charge is 2.21. The Bertz CT molecular complexity index is 1080. The van der Waals surface area contributed by atoms with E-state index in [-0.39, 0.29) is 26.1 Å². The maximum Gasteiger partial charge on any atom is 0.306 e. The average Bonchev–Trinajstić information content (AvgIpc) is 3.13. The van der Waals surface area contributed by atoms with Crippen LogP contribution in [0.5, 0.6) is 0 Å². The van der Waals surface area contributed by atoms with Crippen LogP contribution in [0.3, 0.4) is 0 Å². The van der Waals surface area contributed by atoms with Crippen LogP contribution in [0.15, 0.2) is 48.6 Å². The Labute approximate surface area is 337 Å². The zero-order valence-corrected chi connectivity index (χ0v) is 36.8. The van der Waals surface area contributed by atoms with Crippen molar-refractivity contribution in [3.8, 4) is 0 Å². The monoisotopic (exact) mass is 796 g/mol. The first kappa shape index (κ1) is 53.0. The molecule has 0 aromatic carbocycles. The highest BCUT2D eigenvalue weighted by atomic mass is 31.2. The van der Waals surface area contributed by atoms with Crippen molar-refractivity contribution < 1.29 is 42.1 Å². The van der Waals surface area contributed by atoms with Crippen LogP contribution in [-0.2, 0) is 32.7 Å². The molecule has 0 bridgehead atoms. The van der Waals surface area contributed by atoms with Gasteiger partial charge in [-0.1, -0.05) is 133 Å². The second kappa shape index (κ2) is 37.5. The van der Waals surface area contributed by atoms with Gasteiger partial charge >= 0.3 is 11.9 Å². The minimum Gasteiger partial charge on any atom is -0.756 e. The maximum absolute atomic E-state index is 12.7. The fourth-order valence-electron chi connectivity index (χ4n) is 5.60. The minimum absolute atomic E-state index is 0.0376. The Morgan fingerprint density at radius 1 is 0.564 bits per heavy atom. The van der Waals surface area contributed by atoms with Gasteiger partial charge in [0.1, 0.15) is 19.8 Å². The summed E-state index contributed by atoms with van der Waals surface area (Å²) < 4.78 is 33.8. The van der Waals surface area contributed by atoms with Gasteiger partial charge in [-0.15, -0.1) is 0 Å². The fourth-order valence-corrected chi connectivity index (χ4v) is 6.32. The average molecular weight is 796 g/mol. The van der Waals surface area contributed by atoms with Gasteiger partial charge in [0.05, 0.1) is 27.7 Å². The fraction of sp³-hybridized carbons (Fsp3) is 0.778. The molecule has 0 N–H and O–H groups in total. The first-order valence-corrected chi connectivity index (χ1v) is 23.3. The molecule has 0 rings (SSSR count). The second-order valence-electron chi connectivity index (χ2n) is 15.7. The van der Waals surface area contributed by atoms with Crippen molar-refractivity contribution in [2.75, 3.05) is 47.5 Å². The van der Waals surface area contributed by atoms with Crippen LogP contribution in [-0.4, -0.2) is 70.0 Å². The summed E-state index contributed by atoms with van der Waals surface area (Å²) >= 11 is 0. The molecular weight excluding hydrogens is 713 g/mol. The summed E-state index contributed by atoms with van der Waals surface area (Å²) in [5, 5.41) is 0. The van der Waals surface area contributed by atoms with Gasteiger partial charge in [-0.3, -0.25) is 14.2 Å². The predicted molar refractivity (Wildman–Crippen MR) is 227 cm³/mol. The van der Waals surface area contributed by atoms with Crippen molar-refractivity contribution in [3.05, 3.63) is 48.6 Å². The van der Waals surface area contributed by atoms with Crippen LogP contribution in [0.2, 0.25) is 0 Å². The van der Waals surface area contributed by atoms with Crippen LogP contribution in [0, 0.1) is 0 Å². The van der Waals surface area contributed by atoms with E-state index in [0.717, 1.165) is 70.6 Å². The van der Waals surface area contributed by atoms with Crippen LogP contribution in [0.1, 0.15) is 174 Å². The molecule has 0 aromatic heterocycles. The smallest absolute Gasteiger partial charge is 0.306 e. The van der Waals surface area contributed by atoms with Crippen molar-refractivity contribution in [2.24, 2.45) is 0 Å². The molecule has 2 atom stereocenters. The van der Waals surface area contributed by atoms with E-state index >= 15 is 0 Å². The third kappa shape index (κ3) is 41.4. The number of quaternary nitrogens is 1. The van der Waals surface area contributed by atoms with Crippen LogP contribution < -0.4 is 4.89 Å². The molecule has 0 radical (unpaired) electrons. The number of rotatable bonds is 39. The number of phosphoric acid groups is 1. The summed E-state index contributed by atoms with van der Waals surface area (Å²) in [5.41, 5.74) is 0. The van der Waals surface area contributed by atoms with Crippen molar-refractivity contribution in [3.63, 3.8) is 0 Å². The number of ether oxygens (including phenoxy) is 2. The highest BCUT2D eigenvalue weighted by molar-refractivity contribution is 7.45. The summed E-state index contributed by atoms with van der Waals surface area (Å²) in [7, 11) is 1.14. The maximum atomic E-state index is 12.7. The Hall–Kier alpha value is -2.03. The van der Waals surface area contributed by atoms with E-state index in [1.165, 1.54) is 64.2 Å². The van der Waals surface area contributed by atoms with E-state index in [4.69, 9.17) is 18.5 Å². The molecule has 9 nitrogen and oxygen atoms in total. The van der Waals surface area contributed by atoms with Crippen LogP contribution >= 0.6 is 7.82 Å². The molecular formula is C45H82NO8P. The minimum atomic E-state index is -4.63. The van der Waals surface area contributed by atoms with E-state index in [9.17, 15) is 19.0 Å². The van der Waals surface area contributed by atoms with Crippen molar-refractivity contribution >= 4 is 19.8 Å². The molecule has 10 heteroatoms. The Balaban J connectivity index is 4.42. The summed E-state index contributed by atoms with van der Waals surface area (Å²) in [4.78, 5) is 37.5. The molecule has 0 aromatic rings. The van der Waals surface area contributed by atoms with Gasteiger partial charge in [-0.25, -0.2) is 0 Å². The first-order valence-electron chi connectivity index (χ1n) is 21.8. The zero-order chi connectivity index (χ0) is 40.7. The molecule has 0 fully saturated rings. The number of likely N-dealkylation sites (N-methyl/N-ethyl adjacent to an activating group) is 1. The number of allylic oxidation sites excluding steroid dienone is 8. The van der Waals surface area contributed by atoms with Crippen LogP contribution in [0.25, 0.3) is 0 Å². The van der Waals surface area contributed by atoms with Crippen molar-refractivity contribution in [2.45, 2.75) is 180 Å². The van der Waals surface area contributed by atoms with Gasteiger partial charge in [-0.2, -0.15) is 0 Å². The summed E-state index contributed by atoms with van der Waals surface area (Å²) in [6.45, 7) is 4.14. The van der Waals surface area contributed by atoms with E-state index < -0.39 is 32.5 Å². The number of hydrogen-bond donors (Lipinski definition) is 0. The SMILES string of the molecule is CCCCC/C=C/C/C=C/C/C=C/CCCCCCC(=O)OC[C@H](COP(=O)([O-])OCC[N+](C)(C)C)OC(=O)CCCCCCC/C=C/CCCCCCC. The lowest BCUT2D eigenvalue weighted by Crippen LogP contribution is -2.37. The number of esters is 2. The molecule has 55 heavy (non-hydrogen) atoms. The molecule has 0 amide bonds. The van der Waals surface area contributed by atoms with Gasteiger partial charge in [0.2, 0.25) is 0 Å². The van der Waals surface area contributed by atoms with E-state index in [1.54, 1.807) is 0 Å². The first-order chi connectivity index (χ1) is 26.5. The second-order valence-corrected chi connectivity index (χ2v) is 17.1. The lowest BCUT2D eigenvalue weighted by molar-refractivity contribution is -0.870. The molecule has 0 heterocycles. The molecule has 320 valence electrons. The van der Waals surface area contributed by atoms with Gasteiger partial charge in [0.25, 0.3) is 7.82 Å². The molecule has 0 saturated heterocycles. The molecule has 0 aliphatic rings. The topological polar surface area (TPSA) is 111 Å². The lowest BCUT2D eigenvalue weighted by atomic mass is 10.1. The molecule has 1 unspecified atom stereocenters. The summed E-state index contributed by atoms with van der Waals surface area (Å²) in [6, 6.07) is 0. The van der Waals surface area contributed by atoms with Gasteiger partial charge < -0.3 is 27.9 Å². The zero-order valence-electron chi connectivity index (χ0n) is 35.9. The van der Waals surface area contributed by atoms with E-state index in [0.29, 0.717) is 23.9 Å². The highest BCUT2D eigenvalue weighted by Crippen LogP contribution is 2.38. The Morgan fingerprint density at radius 2 is 0.982 bits per heavy atom. The van der Waals surface area contributed by atoms with Gasteiger partial charge in [-0.05, 0) is 77.0 Å². The molecule has 0 aliphatic heterocycles. The summed E-state index contributed by atoms with van der Waals surface area (Å²) in [6.07, 6.45) is 42.7. The molecule has 0 saturated carbocycles. The number of carbonyl (C=O) groups is 2. The Kier molecular flexibility index (Phi) is 36.2. The molecule has 0 spiro atoms. The van der Waals surface area contributed by atoms with E-state index in [1.807, 2.05) is 21.1 Å². The quantitative estimate of drug-likeness (QED) is 0.0199. The number of nitrogens with zero attached hydrogens (tertiary/aromatic N) is 1. The van der Waals surface area contributed by atoms with Gasteiger partial charge in [0, 0.05) is 12.8 Å². The normalized spacial score (nSPS) is 14.1.